The lowest BCUT2D eigenvalue weighted by Gasteiger charge is -2.26. The smallest absolute Gasteiger partial charge is 0.166 e. The van der Waals surface area contributed by atoms with Crippen LogP contribution in [-0.2, 0) is 0 Å². The van der Waals surface area contributed by atoms with Gasteiger partial charge in [0, 0.05) is 24.6 Å². The van der Waals surface area contributed by atoms with Crippen molar-refractivity contribution in [2.45, 2.75) is 25.8 Å². The highest BCUT2D eigenvalue weighted by atomic mass is 16.5. The van der Waals surface area contributed by atoms with E-state index in [1.165, 1.54) is 19.6 Å². The Kier molecular flexibility index (Phi) is 4.80. The second-order valence-electron chi connectivity index (χ2n) is 5.01. The molecule has 2 N–H and O–H groups in total. The zero-order valence-electron chi connectivity index (χ0n) is 11.7. The fraction of sp³-hybridized carbons (Fsp3) is 0.533. The molecule has 1 aromatic rings. The van der Waals surface area contributed by atoms with Crippen LogP contribution in [0.2, 0.25) is 0 Å². The number of phenols is 1. The number of piperidine rings is 1. The molecule has 0 bridgehead atoms. The minimum Gasteiger partial charge on any atom is -0.504 e. The number of aromatic hydroxyl groups is 1. The second kappa shape index (κ2) is 6.57. The molecule has 1 aromatic carbocycles. The summed E-state index contributed by atoms with van der Waals surface area (Å²) < 4.78 is 5.09. The number of nitrogens with zero attached hydrogens (tertiary/aromatic N) is 1. The maximum atomic E-state index is 9.98. The van der Waals surface area contributed by atoms with E-state index in [1.807, 2.05) is 12.1 Å². The number of nitrogens with one attached hydrogen (secondary N) is 1. The van der Waals surface area contributed by atoms with Gasteiger partial charge < -0.3 is 14.7 Å². The molecule has 1 aliphatic rings. The van der Waals surface area contributed by atoms with Crippen LogP contribution in [0.15, 0.2) is 23.2 Å². The third-order valence-corrected chi connectivity index (χ3v) is 3.84. The van der Waals surface area contributed by atoms with E-state index >= 15 is 0 Å². The molecule has 0 radical (unpaired) electrons. The van der Waals surface area contributed by atoms with Crippen molar-refractivity contribution in [2.75, 3.05) is 26.7 Å². The van der Waals surface area contributed by atoms with E-state index in [9.17, 15) is 5.11 Å². The van der Waals surface area contributed by atoms with E-state index < -0.39 is 0 Å². The lowest BCUT2D eigenvalue weighted by molar-refractivity contribution is -0.903. The lowest BCUT2D eigenvalue weighted by Crippen LogP contribution is -3.12. The normalized spacial score (nSPS) is 23.7. The molecule has 0 spiro atoms. The summed E-state index contributed by atoms with van der Waals surface area (Å²) in [6, 6.07) is 5.86. The van der Waals surface area contributed by atoms with Crippen LogP contribution in [-0.4, -0.2) is 44.1 Å². The molecule has 104 valence electrons. The Bertz CT molecular complexity index is 438. The molecule has 0 atom stereocenters. The van der Waals surface area contributed by atoms with Gasteiger partial charge in [0.1, 0.15) is 0 Å². The zero-order chi connectivity index (χ0) is 13.7. The summed E-state index contributed by atoms with van der Waals surface area (Å²) in [5.74, 6) is 0.666. The highest BCUT2D eigenvalue weighted by Gasteiger charge is 2.19. The molecular formula is C15H23N2O2+. The van der Waals surface area contributed by atoms with Crippen LogP contribution in [0.1, 0.15) is 25.3 Å². The van der Waals surface area contributed by atoms with Gasteiger partial charge in [-0.25, -0.2) is 0 Å². The molecule has 1 aliphatic heterocycles. The van der Waals surface area contributed by atoms with E-state index in [1.54, 1.807) is 24.3 Å². The van der Waals surface area contributed by atoms with Crippen molar-refractivity contribution in [1.82, 2.24) is 0 Å². The summed E-state index contributed by atoms with van der Waals surface area (Å²) in [5.41, 5.74) is 0.726. The van der Waals surface area contributed by atoms with E-state index in [-0.39, 0.29) is 5.75 Å². The summed E-state index contributed by atoms with van der Waals surface area (Å²) in [7, 11) is 1.55. The number of ether oxygens (including phenoxy) is 1. The summed E-state index contributed by atoms with van der Waals surface area (Å²) in [4.78, 5) is 6.27. The standard InChI is InChI=1S/C15H22N2O2/c1-3-17-9-7-13(8-10-17)16-11-12-5-4-6-14(19-2)15(12)18/h4-6,11,13,18H,3,7-10H2,1-2H3/p+1. The van der Waals surface area contributed by atoms with Crippen molar-refractivity contribution in [3.63, 3.8) is 0 Å². The fourth-order valence-corrected chi connectivity index (χ4v) is 2.51. The summed E-state index contributed by atoms with van der Waals surface area (Å²) in [6.45, 7) is 5.82. The van der Waals surface area contributed by atoms with Gasteiger partial charge in [-0.05, 0) is 19.1 Å². The largest absolute Gasteiger partial charge is 0.504 e. The van der Waals surface area contributed by atoms with E-state index in [0.717, 1.165) is 18.4 Å². The minimum atomic E-state index is 0.172. The lowest BCUT2D eigenvalue weighted by atomic mass is 10.1. The molecule has 1 heterocycles. The predicted molar refractivity (Wildman–Crippen MR) is 76.5 cm³/mol. The Morgan fingerprint density at radius 1 is 1.42 bits per heavy atom. The fourth-order valence-electron chi connectivity index (χ4n) is 2.51. The van der Waals surface area contributed by atoms with Crippen LogP contribution in [0.5, 0.6) is 11.5 Å². The third kappa shape index (κ3) is 3.47. The maximum Gasteiger partial charge on any atom is 0.166 e. The number of phenolic OH excluding ortho intramolecular Hbond substituents is 1. The predicted octanol–water partition coefficient (Wildman–Crippen LogP) is 0.887. The molecule has 0 amide bonds. The first-order valence-electron chi connectivity index (χ1n) is 6.97. The second-order valence-corrected chi connectivity index (χ2v) is 5.01. The van der Waals surface area contributed by atoms with Gasteiger partial charge in [0.15, 0.2) is 11.5 Å². The molecule has 1 saturated heterocycles. The van der Waals surface area contributed by atoms with Crippen LogP contribution in [0, 0.1) is 0 Å². The topological polar surface area (TPSA) is 46.3 Å². The first-order chi connectivity index (χ1) is 9.24. The van der Waals surface area contributed by atoms with Crippen LogP contribution in [0.4, 0.5) is 0 Å². The monoisotopic (exact) mass is 263 g/mol. The van der Waals surface area contributed by atoms with E-state index in [0.29, 0.717) is 11.8 Å². The third-order valence-electron chi connectivity index (χ3n) is 3.84. The van der Waals surface area contributed by atoms with Gasteiger partial charge in [-0.3, -0.25) is 4.99 Å². The molecule has 0 aliphatic carbocycles. The molecule has 1 fully saturated rings. The summed E-state index contributed by atoms with van der Waals surface area (Å²) >= 11 is 0. The molecule has 2 rings (SSSR count). The molecular weight excluding hydrogens is 240 g/mol. The van der Waals surface area contributed by atoms with E-state index in [2.05, 4.69) is 11.9 Å². The van der Waals surface area contributed by atoms with Gasteiger partial charge in [-0.2, -0.15) is 0 Å². The van der Waals surface area contributed by atoms with Crippen LogP contribution >= 0.6 is 0 Å². The number of para-hydroxylation sites is 1. The number of rotatable bonds is 4. The SMILES string of the molecule is CC[NH+]1CCC(N=Cc2cccc(OC)c2O)CC1. The number of hydrogen-bond donors (Lipinski definition) is 2. The Labute approximate surface area is 114 Å². The number of likely N-dealkylation sites (tertiary alicyclic amines) is 1. The zero-order valence-corrected chi connectivity index (χ0v) is 11.7. The quantitative estimate of drug-likeness (QED) is 0.792. The highest BCUT2D eigenvalue weighted by Crippen LogP contribution is 2.28. The van der Waals surface area contributed by atoms with Crippen molar-refractivity contribution < 1.29 is 14.7 Å². The average molecular weight is 263 g/mol. The molecule has 0 unspecified atom stereocenters. The number of benzene rings is 1. The molecule has 4 heteroatoms. The van der Waals surface area contributed by atoms with Crippen molar-refractivity contribution in [1.29, 1.82) is 0 Å². The van der Waals surface area contributed by atoms with Crippen molar-refractivity contribution >= 4 is 6.21 Å². The molecule has 0 saturated carbocycles. The Balaban J connectivity index is 1.99. The average Bonchev–Trinajstić information content (AvgIpc) is 2.47. The first kappa shape index (κ1) is 13.9. The van der Waals surface area contributed by atoms with E-state index in [4.69, 9.17) is 4.74 Å². The van der Waals surface area contributed by atoms with Gasteiger partial charge in [-0.15, -0.1) is 0 Å². The number of methoxy groups -OCH3 is 1. The number of aliphatic imine (C=N–C) groups is 1. The molecule has 19 heavy (non-hydrogen) atoms. The molecule has 4 nitrogen and oxygen atoms in total. The van der Waals surface area contributed by atoms with Crippen molar-refractivity contribution in [3.8, 4) is 11.5 Å². The Morgan fingerprint density at radius 2 is 2.16 bits per heavy atom. The van der Waals surface area contributed by atoms with Gasteiger partial charge in [0.2, 0.25) is 0 Å². The maximum absolute atomic E-state index is 9.98. The van der Waals surface area contributed by atoms with Gasteiger partial charge >= 0.3 is 0 Å². The Hall–Kier alpha value is -1.55. The summed E-state index contributed by atoms with van der Waals surface area (Å²) in [5, 5.41) is 9.98. The number of quaternary nitrogens is 1. The van der Waals surface area contributed by atoms with Gasteiger partial charge in [0.25, 0.3) is 0 Å². The van der Waals surface area contributed by atoms with Crippen molar-refractivity contribution in [2.24, 2.45) is 4.99 Å². The van der Waals surface area contributed by atoms with Crippen LogP contribution in [0.25, 0.3) is 0 Å². The molecule has 0 aromatic heterocycles. The number of hydrogen-bond acceptors (Lipinski definition) is 3. The van der Waals surface area contributed by atoms with Crippen molar-refractivity contribution in [3.05, 3.63) is 23.8 Å². The minimum absolute atomic E-state index is 0.172. The highest BCUT2D eigenvalue weighted by molar-refractivity contribution is 5.84. The first-order valence-corrected chi connectivity index (χ1v) is 6.97. The van der Waals surface area contributed by atoms with Gasteiger partial charge in [0.05, 0.1) is 32.8 Å². The Morgan fingerprint density at radius 3 is 2.79 bits per heavy atom. The van der Waals surface area contributed by atoms with Crippen LogP contribution < -0.4 is 9.64 Å². The van der Waals surface area contributed by atoms with Crippen LogP contribution in [0.3, 0.4) is 0 Å². The summed E-state index contributed by atoms with van der Waals surface area (Å²) in [6.07, 6.45) is 4.04. The van der Waals surface area contributed by atoms with Gasteiger partial charge in [-0.1, -0.05) is 6.07 Å².